The van der Waals surface area contributed by atoms with Gasteiger partial charge < -0.3 is 9.80 Å². The Morgan fingerprint density at radius 2 is 2.05 bits per heavy atom. The van der Waals surface area contributed by atoms with Gasteiger partial charge in [0, 0.05) is 30.4 Å². The van der Waals surface area contributed by atoms with Gasteiger partial charge >= 0.3 is 0 Å². The lowest BCUT2D eigenvalue weighted by Crippen LogP contribution is -2.50. The van der Waals surface area contributed by atoms with E-state index >= 15 is 0 Å². The van der Waals surface area contributed by atoms with Gasteiger partial charge in [0.05, 0.1) is 5.69 Å². The molecule has 0 unspecified atom stereocenters. The molecule has 4 heterocycles. The molecule has 0 amide bonds. The third kappa shape index (κ3) is 2.01. The lowest BCUT2D eigenvalue weighted by atomic mass is 9.85. The van der Waals surface area contributed by atoms with Crippen molar-refractivity contribution in [2.45, 2.75) is 31.2 Å². The Bertz CT molecular complexity index is 702. The fourth-order valence-electron chi connectivity index (χ4n) is 4.09. The number of pyridine rings is 1. The van der Waals surface area contributed by atoms with Crippen LogP contribution in [-0.2, 0) is 0 Å². The molecule has 1 spiro atoms. The summed E-state index contributed by atoms with van der Waals surface area (Å²) in [4.78, 5) is 20.4. The van der Waals surface area contributed by atoms with E-state index in [1.54, 1.807) is 17.0 Å². The second kappa shape index (κ2) is 5.05. The lowest BCUT2D eigenvalue weighted by molar-refractivity contribution is 0.112. The smallest absolute Gasteiger partial charge is 0.178 e. The molecule has 0 bridgehead atoms. The number of hydrogen-bond acceptors (Lipinski definition) is 5. The van der Waals surface area contributed by atoms with Crippen molar-refractivity contribution in [1.82, 2.24) is 19.5 Å². The summed E-state index contributed by atoms with van der Waals surface area (Å²) in [6.07, 6.45) is 9.13. The minimum atomic E-state index is 0.392. The Hall–Kier alpha value is -1.95. The summed E-state index contributed by atoms with van der Waals surface area (Å²) in [5, 5.41) is 4.18. The fourth-order valence-corrected chi connectivity index (χ4v) is 4.09. The molecule has 0 aliphatic carbocycles. The largest absolute Gasteiger partial charge is 0.368 e. The van der Waals surface area contributed by atoms with E-state index in [0.29, 0.717) is 11.1 Å². The molecule has 2 saturated heterocycles. The highest BCUT2D eigenvalue weighted by Gasteiger charge is 2.41. The second-order valence-corrected chi connectivity index (χ2v) is 6.54. The Balaban J connectivity index is 1.64. The van der Waals surface area contributed by atoms with Crippen LogP contribution in [-0.4, -0.2) is 58.0 Å². The third-order valence-corrected chi connectivity index (χ3v) is 5.49. The minimum absolute atomic E-state index is 0.392. The Morgan fingerprint density at radius 3 is 2.73 bits per heavy atom. The molecule has 0 saturated carbocycles. The molecule has 2 aromatic heterocycles. The van der Waals surface area contributed by atoms with Gasteiger partial charge in [0.1, 0.15) is 6.33 Å². The predicted octanol–water partition coefficient (Wildman–Crippen LogP) is 1.61. The standard InChI is InChI=1S/C16H21N5O/c1-19-6-2-3-16(19)4-7-20(8-5-16)14-9-13(11-22)10-21-15(14)17-12-18-21/h9-12H,2-8H2,1H3. The van der Waals surface area contributed by atoms with Gasteiger partial charge in [-0.05, 0) is 45.3 Å². The maximum atomic E-state index is 11.2. The van der Waals surface area contributed by atoms with Gasteiger partial charge in [-0.25, -0.2) is 9.50 Å². The highest BCUT2D eigenvalue weighted by Crippen LogP contribution is 2.38. The predicted molar refractivity (Wildman–Crippen MR) is 84.4 cm³/mol. The van der Waals surface area contributed by atoms with E-state index in [1.807, 2.05) is 6.07 Å². The van der Waals surface area contributed by atoms with Gasteiger partial charge in [-0.3, -0.25) is 4.79 Å². The normalized spacial score (nSPS) is 21.8. The molecule has 2 aromatic rings. The van der Waals surface area contributed by atoms with Crippen LogP contribution in [0.3, 0.4) is 0 Å². The first kappa shape index (κ1) is 13.7. The number of likely N-dealkylation sites (tertiary alicyclic amines) is 1. The van der Waals surface area contributed by atoms with E-state index in [9.17, 15) is 4.79 Å². The Labute approximate surface area is 129 Å². The number of aldehydes is 1. The average molecular weight is 299 g/mol. The van der Waals surface area contributed by atoms with Crippen molar-refractivity contribution in [3.63, 3.8) is 0 Å². The van der Waals surface area contributed by atoms with Crippen LogP contribution in [0.2, 0.25) is 0 Å². The maximum absolute atomic E-state index is 11.2. The van der Waals surface area contributed by atoms with Crippen molar-refractivity contribution < 1.29 is 4.79 Å². The number of piperidine rings is 1. The van der Waals surface area contributed by atoms with E-state index in [2.05, 4.69) is 26.9 Å². The molecule has 0 atom stereocenters. The van der Waals surface area contributed by atoms with Crippen molar-refractivity contribution in [2.24, 2.45) is 0 Å². The number of anilines is 1. The minimum Gasteiger partial charge on any atom is -0.368 e. The molecule has 22 heavy (non-hydrogen) atoms. The van der Waals surface area contributed by atoms with E-state index in [-0.39, 0.29) is 0 Å². The second-order valence-electron chi connectivity index (χ2n) is 6.54. The summed E-state index contributed by atoms with van der Waals surface area (Å²) < 4.78 is 1.70. The van der Waals surface area contributed by atoms with Gasteiger partial charge in [0.15, 0.2) is 11.9 Å². The maximum Gasteiger partial charge on any atom is 0.178 e. The number of carbonyl (C=O) groups excluding carboxylic acids is 1. The summed E-state index contributed by atoms with van der Waals surface area (Å²) in [5.74, 6) is 0. The first-order chi connectivity index (χ1) is 10.7. The summed E-state index contributed by atoms with van der Waals surface area (Å²) in [7, 11) is 2.26. The van der Waals surface area contributed by atoms with Crippen LogP contribution in [0, 0.1) is 0 Å². The summed E-state index contributed by atoms with van der Waals surface area (Å²) >= 11 is 0. The molecule has 0 N–H and O–H groups in total. The van der Waals surface area contributed by atoms with Crippen molar-refractivity contribution in [3.8, 4) is 0 Å². The van der Waals surface area contributed by atoms with Crippen molar-refractivity contribution in [2.75, 3.05) is 31.6 Å². The molecule has 2 aliphatic heterocycles. The van der Waals surface area contributed by atoms with Crippen molar-refractivity contribution in [3.05, 3.63) is 24.2 Å². The molecule has 2 fully saturated rings. The van der Waals surface area contributed by atoms with E-state index in [0.717, 1.165) is 30.7 Å². The van der Waals surface area contributed by atoms with Crippen molar-refractivity contribution >= 4 is 17.6 Å². The monoisotopic (exact) mass is 299 g/mol. The Morgan fingerprint density at radius 1 is 1.23 bits per heavy atom. The van der Waals surface area contributed by atoms with Gasteiger partial charge in [0.25, 0.3) is 0 Å². The number of fused-ring (bicyclic) bond motifs is 1. The van der Waals surface area contributed by atoms with Gasteiger partial charge in [-0.15, -0.1) is 0 Å². The van der Waals surface area contributed by atoms with Gasteiger partial charge in [-0.2, -0.15) is 5.10 Å². The van der Waals surface area contributed by atoms with Crippen LogP contribution in [0.5, 0.6) is 0 Å². The average Bonchev–Trinajstić information content (AvgIpc) is 3.15. The van der Waals surface area contributed by atoms with E-state index in [1.165, 1.54) is 32.2 Å². The zero-order chi connectivity index (χ0) is 15.2. The first-order valence-corrected chi connectivity index (χ1v) is 7.97. The lowest BCUT2D eigenvalue weighted by Gasteiger charge is -2.44. The van der Waals surface area contributed by atoms with Gasteiger partial charge in [0.2, 0.25) is 0 Å². The number of carbonyl (C=O) groups is 1. The van der Waals surface area contributed by atoms with Crippen LogP contribution < -0.4 is 4.90 Å². The highest BCUT2D eigenvalue weighted by atomic mass is 16.1. The summed E-state index contributed by atoms with van der Waals surface area (Å²) in [5.41, 5.74) is 2.90. The summed E-state index contributed by atoms with van der Waals surface area (Å²) in [6.45, 7) is 3.24. The number of hydrogen-bond donors (Lipinski definition) is 0. The zero-order valence-electron chi connectivity index (χ0n) is 12.9. The van der Waals surface area contributed by atoms with Gasteiger partial charge in [-0.1, -0.05) is 0 Å². The van der Waals surface area contributed by atoms with Crippen LogP contribution in [0.15, 0.2) is 18.6 Å². The molecular weight excluding hydrogens is 278 g/mol. The van der Waals surface area contributed by atoms with Crippen LogP contribution in [0.1, 0.15) is 36.0 Å². The fraction of sp³-hybridized carbons (Fsp3) is 0.562. The third-order valence-electron chi connectivity index (χ3n) is 5.49. The molecule has 0 aromatic carbocycles. The Kier molecular flexibility index (Phi) is 3.14. The first-order valence-electron chi connectivity index (χ1n) is 7.97. The van der Waals surface area contributed by atoms with Crippen LogP contribution >= 0.6 is 0 Å². The molecular formula is C16H21N5O. The van der Waals surface area contributed by atoms with E-state index < -0.39 is 0 Å². The highest BCUT2D eigenvalue weighted by molar-refractivity contribution is 5.81. The van der Waals surface area contributed by atoms with E-state index in [4.69, 9.17) is 0 Å². The number of nitrogens with zero attached hydrogens (tertiary/aromatic N) is 5. The number of aromatic nitrogens is 3. The van der Waals surface area contributed by atoms with Crippen LogP contribution in [0.4, 0.5) is 5.69 Å². The molecule has 2 aliphatic rings. The SMILES string of the molecule is CN1CCCC12CCN(c1cc(C=O)cn3ncnc13)CC2. The molecule has 6 heteroatoms. The molecule has 0 radical (unpaired) electrons. The zero-order valence-corrected chi connectivity index (χ0v) is 12.9. The topological polar surface area (TPSA) is 53.7 Å². The molecule has 4 rings (SSSR count). The summed E-state index contributed by atoms with van der Waals surface area (Å²) in [6, 6.07) is 1.94. The van der Waals surface area contributed by atoms with Crippen molar-refractivity contribution in [1.29, 1.82) is 0 Å². The molecule has 6 nitrogen and oxygen atoms in total. The van der Waals surface area contributed by atoms with Crippen LogP contribution in [0.25, 0.3) is 5.65 Å². The number of rotatable bonds is 2. The quantitative estimate of drug-likeness (QED) is 0.789. The molecule has 116 valence electrons.